The number of halogens is 1. The van der Waals surface area contributed by atoms with Gasteiger partial charge in [-0.3, -0.25) is 4.79 Å². The lowest BCUT2D eigenvalue weighted by Gasteiger charge is -2.14. The molecule has 0 aliphatic carbocycles. The van der Waals surface area contributed by atoms with Crippen LogP contribution in [0, 0.1) is 6.92 Å². The zero-order chi connectivity index (χ0) is 21.1. The van der Waals surface area contributed by atoms with Crippen molar-refractivity contribution in [2.24, 2.45) is 0 Å². The molecule has 2 N–H and O–H groups in total. The van der Waals surface area contributed by atoms with Gasteiger partial charge in [0.2, 0.25) is 5.91 Å². The van der Waals surface area contributed by atoms with Crippen LogP contribution in [0.25, 0.3) is 11.0 Å². The molecule has 0 fully saturated rings. The van der Waals surface area contributed by atoms with Crippen molar-refractivity contribution in [2.45, 2.75) is 23.6 Å². The fraction of sp³-hybridized carbons (Fsp3) is 0.0870. The first kappa shape index (κ1) is 20.2. The van der Waals surface area contributed by atoms with Gasteiger partial charge in [0.1, 0.15) is 0 Å². The number of carbonyl (C=O) groups excluding carboxylic acids is 1. The summed E-state index contributed by atoms with van der Waals surface area (Å²) < 4.78 is 0. The number of nitrogens with one attached hydrogen (secondary N) is 2. The third kappa shape index (κ3) is 4.72. The van der Waals surface area contributed by atoms with Crippen LogP contribution in [0.15, 0.2) is 76.7 Å². The summed E-state index contributed by atoms with van der Waals surface area (Å²) >= 11 is 7.86. The summed E-state index contributed by atoms with van der Waals surface area (Å²) in [5.74, 6) is -0.0917. The molecule has 0 atom stereocenters. The van der Waals surface area contributed by atoms with Crippen LogP contribution in [0.1, 0.15) is 12.6 Å². The molecular weight excluding hydrogens is 416 g/mol. The van der Waals surface area contributed by atoms with Crippen molar-refractivity contribution in [3.63, 3.8) is 0 Å². The normalized spacial score (nSPS) is 10.8. The second kappa shape index (κ2) is 8.73. The van der Waals surface area contributed by atoms with Gasteiger partial charge in [0.15, 0.2) is 5.65 Å². The first-order valence-corrected chi connectivity index (χ1v) is 10.5. The molecular formula is C23H19ClN4OS. The van der Waals surface area contributed by atoms with Crippen LogP contribution in [0.4, 0.5) is 17.1 Å². The molecule has 5 nitrogen and oxygen atoms in total. The SMILES string of the molecule is CC(=O)Nc1ccc(Sc2cc(Cl)ccc2Nc2ccnc3nc(C)ccc23)cc1. The molecule has 0 unspecified atom stereocenters. The lowest BCUT2D eigenvalue weighted by Crippen LogP contribution is -2.05. The van der Waals surface area contributed by atoms with Gasteiger partial charge in [-0.2, -0.15) is 0 Å². The zero-order valence-corrected chi connectivity index (χ0v) is 18.0. The van der Waals surface area contributed by atoms with Crippen LogP contribution in [0.2, 0.25) is 5.02 Å². The minimum atomic E-state index is -0.0917. The Morgan fingerprint density at radius 2 is 1.80 bits per heavy atom. The number of nitrogens with zero attached hydrogens (tertiary/aromatic N) is 2. The van der Waals surface area contributed by atoms with E-state index in [2.05, 4.69) is 20.6 Å². The highest BCUT2D eigenvalue weighted by atomic mass is 35.5. The molecule has 0 saturated heterocycles. The van der Waals surface area contributed by atoms with Gasteiger partial charge in [0, 0.05) is 44.7 Å². The summed E-state index contributed by atoms with van der Waals surface area (Å²) in [6, 6.07) is 19.4. The van der Waals surface area contributed by atoms with Gasteiger partial charge in [-0.25, -0.2) is 9.97 Å². The van der Waals surface area contributed by atoms with Crippen molar-refractivity contribution in [1.29, 1.82) is 0 Å². The van der Waals surface area contributed by atoms with Crippen LogP contribution in [-0.2, 0) is 4.79 Å². The first-order chi connectivity index (χ1) is 14.5. The second-order valence-corrected chi connectivity index (χ2v) is 8.31. The predicted molar refractivity (Wildman–Crippen MR) is 124 cm³/mol. The van der Waals surface area contributed by atoms with E-state index in [1.807, 2.05) is 67.6 Å². The quantitative estimate of drug-likeness (QED) is 0.378. The van der Waals surface area contributed by atoms with Gasteiger partial charge < -0.3 is 10.6 Å². The van der Waals surface area contributed by atoms with Gasteiger partial charge in [-0.1, -0.05) is 23.4 Å². The molecule has 0 saturated carbocycles. The standard InChI is InChI=1S/C23H19ClN4OS/c1-14-3-9-19-20(11-12-25-23(19)26-14)28-21-10-4-16(24)13-22(21)30-18-7-5-17(6-8-18)27-15(2)29/h3-13H,1-2H3,(H,27,29)(H,25,26,28). The number of hydrogen-bond acceptors (Lipinski definition) is 5. The number of fused-ring (bicyclic) bond motifs is 1. The van der Waals surface area contributed by atoms with E-state index >= 15 is 0 Å². The van der Waals surface area contributed by atoms with E-state index in [0.717, 1.165) is 37.9 Å². The Hall–Kier alpha value is -3.09. The molecule has 4 rings (SSSR count). The maximum Gasteiger partial charge on any atom is 0.221 e. The van der Waals surface area contributed by atoms with E-state index in [1.54, 1.807) is 18.0 Å². The highest BCUT2D eigenvalue weighted by molar-refractivity contribution is 7.99. The van der Waals surface area contributed by atoms with E-state index in [4.69, 9.17) is 11.6 Å². The van der Waals surface area contributed by atoms with Gasteiger partial charge in [-0.15, -0.1) is 0 Å². The molecule has 0 aliphatic heterocycles. The van der Waals surface area contributed by atoms with Crippen LogP contribution < -0.4 is 10.6 Å². The Bertz CT molecular complexity index is 1230. The fourth-order valence-electron chi connectivity index (χ4n) is 3.00. The molecule has 4 aromatic rings. The zero-order valence-electron chi connectivity index (χ0n) is 16.4. The van der Waals surface area contributed by atoms with Crippen LogP contribution in [-0.4, -0.2) is 15.9 Å². The summed E-state index contributed by atoms with van der Waals surface area (Å²) in [5.41, 5.74) is 4.26. The molecule has 1 amide bonds. The molecule has 0 spiro atoms. The lowest BCUT2D eigenvalue weighted by atomic mass is 10.2. The topological polar surface area (TPSA) is 66.9 Å². The summed E-state index contributed by atoms with van der Waals surface area (Å²) in [5, 5.41) is 7.89. The van der Waals surface area contributed by atoms with Gasteiger partial charge in [-0.05, 0) is 67.6 Å². The van der Waals surface area contributed by atoms with Crippen LogP contribution in [0.3, 0.4) is 0 Å². The third-order valence-corrected chi connectivity index (χ3v) is 5.66. The minimum absolute atomic E-state index is 0.0917. The summed E-state index contributed by atoms with van der Waals surface area (Å²) in [6.07, 6.45) is 1.75. The Kier molecular flexibility index (Phi) is 5.88. The second-order valence-electron chi connectivity index (χ2n) is 6.76. The number of carbonyl (C=O) groups is 1. The predicted octanol–water partition coefficient (Wildman–Crippen LogP) is 6.44. The van der Waals surface area contributed by atoms with Gasteiger partial charge >= 0.3 is 0 Å². The van der Waals surface area contributed by atoms with Crippen molar-refractivity contribution in [3.05, 3.63) is 77.6 Å². The third-order valence-electron chi connectivity index (χ3n) is 4.36. The Morgan fingerprint density at radius 3 is 2.57 bits per heavy atom. The highest BCUT2D eigenvalue weighted by Crippen LogP contribution is 2.38. The number of aromatic nitrogens is 2. The number of rotatable bonds is 5. The van der Waals surface area contributed by atoms with Gasteiger partial charge in [0.25, 0.3) is 0 Å². The van der Waals surface area contributed by atoms with E-state index < -0.39 is 0 Å². The average Bonchev–Trinajstić information content (AvgIpc) is 2.71. The van der Waals surface area contributed by atoms with Gasteiger partial charge in [0.05, 0.1) is 11.4 Å². The number of anilines is 3. The molecule has 2 aromatic carbocycles. The van der Waals surface area contributed by atoms with Crippen molar-refractivity contribution in [2.75, 3.05) is 10.6 Å². The average molecular weight is 435 g/mol. The van der Waals surface area contributed by atoms with Crippen molar-refractivity contribution < 1.29 is 4.79 Å². The molecule has 2 heterocycles. The molecule has 2 aromatic heterocycles. The maximum atomic E-state index is 11.2. The van der Waals surface area contributed by atoms with Crippen LogP contribution >= 0.6 is 23.4 Å². The van der Waals surface area contributed by atoms with E-state index in [0.29, 0.717) is 10.7 Å². The van der Waals surface area contributed by atoms with E-state index in [-0.39, 0.29) is 5.91 Å². The van der Waals surface area contributed by atoms with E-state index in [1.165, 1.54) is 6.92 Å². The molecule has 30 heavy (non-hydrogen) atoms. The Labute approximate surface area is 183 Å². The molecule has 150 valence electrons. The Morgan fingerprint density at radius 1 is 1.00 bits per heavy atom. The van der Waals surface area contributed by atoms with Crippen molar-refractivity contribution >= 4 is 57.4 Å². The molecule has 0 aliphatic rings. The number of amides is 1. The minimum Gasteiger partial charge on any atom is -0.354 e. The lowest BCUT2D eigenvalue weighted by molar-refractivity contribution is -0.114. The summed E-state index contributed by atoms with van der Waals surface area (Å²) in [6.45, 7) is 3.44. The smallest absolute Gasteiger partial charge is 0.221 e. The van der Waals surface area contributed by atoms with Crippen molar-refractivity contribution in [1.82, 2.24) is 9.97 Å². The first-order valence-electron chi connectivity index (χ1n) is 9.32. The van der Waals surface area contributed by atoms with Crippen molar-refractivity contribution in [3.8, 4) is 0 Å². The van der Waals surface area contributed by atoms with E-state index in [9.17, 15) is 4.79 Å². The Balaban J connectivity index is 1.64. The molecule has 0 radical (unpaired) electrons. The fourth-order valence-corrected chi connectivity index (χ4v) is 4.18. The largest absolute Gasteiger partial charge is 0.354 e. The number of benzene rings is 2. The number of aryl methyl sites for hydroxylation is 1. The monoisotopic (exact) mass is 434 g/mol. The maximum absolute atomic E-state index is 11.2. The summed E-state index contributed by atoms with van der Waals surface area (Å²) in [7, 11) is 0. The van der Waals surface area contributed by atoms with Crippen LogP contribution in [0.5, 0.6) is 0 Å². The molecule has 0 bridgehead atoms. The molecule has 7 heteroatoms. The number of pyridine rings is 2. The summed E-state index contributed by atoms with van der Waals surface area (Å²) in [4.78, 5) is 22.1. The number of hydrogen-bond donors (Lipinski definition) is 2. The highest BCUT2D eigenvalue weighted by Gasteiger charge is 2.10.